The Kier molecular flexibility index (Phi) is 8.01. The highest BCUT2D eigenvalue weighted by Crippen LogP contribution is 2.13. The van der Waals surface area contributed by atoms with Gasteiger partial charge in [-0.15, -0.1) is 12.4 Å². The lowest BCUT2D eigenvalue weighted by molar-refractivity contribution is -0.124. The van der Waals surface area contributed by atoms with E-state index in [-0.39, 0.29) is 36.3 Å². The average Bonchev–Trinajstić information content (AvgIpc) is 2.55. The maximum absolute atomic E-state index is 12.2. The molecule has 134 valence electrons. The Hall–Kier alpha value is -1.79. The van der Waals surface area contributed by atoms with Gasteiger partial charge in [0.2, 0.25) is 5.91 Å². The van der Waals surface area contributed by atoms with Crippen LogP contribution in [0.2, 0.25) is 0 Å². The van der Waals surface area contributed by atoms with Crippen molar-refractivity contribution in [3.63, 3.8) is 0 Å². The molecular weight excluding hydrogens is 328 g/mol. The monoisotopic (exact) mass is 354 g/mol. The van der Waals surface area contributed by atoms with Gasteiger partial charge < -0.3 is 21.3 Å². The highest BCUT2D eigenvalue weighted by Gasteiger charge is 2.26. The number of carbonyl (C=O) groups is 2. The molecule has 1 fully saturated rings. The van der Waals surface area contributed by atoms with Crippen LogP contribution in [0.4, 0.5) is 10.5 Å². The molecule has 0 bridgehead atoms. The van der Waals surface area contributed by atoms with Gasteiger partial charge >= 0.3 is 6.03 Å². The lowest BCUT2D eigenvalue weighted by atomic mass is 10.0. The number of nitrogens with zero attached hydrogens (tertiary/aromatic N) is 1. The molecule has 1 aromatic rings. The van der Waals surface area contributed by atoms with E-state index in [0.29, 0.717) is 13.1 Å². The molecule has 0 unspecified atom stereocenters. The van der Waals surface area contributed by atoms with Crippen LogP contribution >= 0.6 is 12.4 Å². The average molecular weight is 355 g/mol. The van der Waals surface area contributed by atoms with Crippen molar-refractivity contribution in [2.24, 2.45) is 11.7 Å². The second-order valence-corrected chi connectivity index (χ2v) is 6.34. The Morgan fingerprint density at radius 1 is 1.17 bits per heavy atom. The van der Waals surface area contributed by atoms with Gasteiger partial charge in [0, 0.05) is 24.8 Å². The SMILES string of the molecule is CC(C)[C@H](N)C(=O)NC1CCN(C(=O)Nc2ccccc2)CC1.Cl. The van der Waals surface area contributed by atoms with Crippen LogP contribution in [0.3, 0.4) is 0 Å². The Bertz CT molecular complexity index is 531. The highest BCUT2D eigenvalue weighted by molar-refractivity contribution is 5.89. The van der Waals surface area contributed by atoms with Crippen LogP contribution in [0.5, 0.6) is 0 Å². The number of amides is 3. The number of hydrogen-bond donors (Lipinski definition) is 3. The molecule has 0 radical (unpaired) electrons. The summed E-state index contributed by atoms with van der Waals surface area (Å²) in [5.74, 6) is 0.0129. The number of anilines is 1. The quantitative estimate of drug-likeness (QED) is 0.774. The molecule has 1 heterocycles. The number of benzene rings is 1. The van der Waals surface area contributed by atoms with E-state index < -0.39 is 6.04 Å². The second kappa shape index (κ2) is 9.49. The van der Waals surface area contributed by atoms with Gasteiger partial charge in [-0.25, -0.2) is 4.79 Å². The van der Waals surface area contributed by atoms with Crippen LogP contribution in [0, 0.1) is 5.92 Å². The molecule has 1 aliphatic heterocycles. The summed E-state index contributed by atoms with van der Waals surface area (Å²) >= 11 is 0. The zero-order valence-electron chi connectivity index (χ0n) is 14.2. The summed E-state index contributed by atoms with van der Waals surface area (Å²) < 4.78 is 0. The van der Waals surface area contributed by atoms with Gasteiger partial charge in [0.1, 0.15) is 0 Å². The van der Waals surface area contributed by atoms with E-state index in [2.05, 4.69) is 10.6 Å². The smallest absolute Gasteiger partial charge is 0.321 e. The largest absolute Gasteiger partial charge is 0.352 e. The number of urea groups is 1. The molecule has 0 spiro atoms. The fourth-order valence-corrected chi connectivity index (χ4v) is 2.55. The maximum atomic E-state index is 12.2. The van der Waals surface area contributed by atoms with Gasteiger partial charge in [-0.05, 0) is 30.9 Å². The van der Waals surface area contributed by atoms with Gasteiger partial charge in [0.25, 0.3) is 0 Å². The normalized spacial score (nSPS) is 16.2. The summed E-state index contributed by atoms with van der Waals surface area (Å²) in [5, 5.41) is 5.87. The molecule has 0 saturated carbocycles. The van der Waals surface area contributed by atoms with Crippen LogP contribution in [0.1, 0.15) is 26.7 Å². The predicted molar refractivity (Wildman–Crippen MR) is 98.3 cm³/mol. The highest BCUT2D eigenvalue weighted by atomic mass is 35.5. The van der Waals surface area contributed by atoms with Crippen molar-refractivity contribution in [2.45, 2.75) is 38.8 Å². The number of nitrogens with two attached hydrogens (primary N) is 1. The van der Waals surface area contributed by atoms with Crippen LogP contribution in [0.25, 0.3) is 0 Å². The number of likely N-dealkylation sites (tertiary alicyclic amines) is 1. The van der Waals surface area contributed by atoms with Crippen molar-refractivity contribution in [3.05, 3.63) is 30.3 Å². The first-order valence-electron chi connectivity index (χ1n) is 8.14. The Morgan fingerprint density at radius 2 is 1.75 bits per heavy atom. The van der Waals surface area contributed by atoms with Crippen LogP contribution < -0.4 is 16.4 Å². The maximum Gasteiger partial charge on any atom is 0.321 e. The van der Waals surface area contributed by atoms with Crippen molar-refractivity contribution >= 4 is 30.0 Å². The third-order valence-electron chi connectivity index (χ3n) is 4.17. The van der Waals surface area contributed by atoms with Crippen molar-refractivity contribution in [3.8, 4) is 0 Å². The molecule has 0 aromatic heterocycles. The minimum absolute atomic E-state index is 0. The molecule has 2 rings (SSSR count). The molecule has 1 saturated heterocycles. The fraction of sp³-hybridized carbons (Fsp3) is 0.529. The molecule has 4 N–H and O–H groups in total. The number of carbonyl (C=O) groups excluding carboxylic acids is 2. The van der Waals surface area contributed by atoms with E-state index in [1.165, 1.54) is 0 Å². The molecule has 7 heteroatoms. The molecular formula is C17H27ClN4O2. The Balaban J connectivity index is 0.00000288. The van der Waals surface area contributed by atoms with Crippen LogP contribution in [0.15, 0.2) is 30.3 Å². The van der Waals surface area contributed by atoms with Gasteiger partial charge in [-0.3, -0.25) is 4.79 Å². The van der Waals surface area contributed by atoms with E-state index in [9.17, 15) is 9.59 Å². The lowest BCUT2D eigenvalue weighted by Gasteiger charge is -2.33. The van der Waals surface area contributed by atoms with Crippen LogP contribution in [-0.2, 0) is 4.79 Å². The Labute approximate surface area is 149 Å². The first-order valence-corrected chi connectivity index (χ1v) is 8.14. The number of hydrogen-bond acceptors (Lipinski definition) is 3. The summed E-state index contributed by atoms with van der Waals surface area (Å²) in [5.41, 5.74) is 6.64. The van der Waals surface area contributed by atoms with Gasteiger partial charge in [0.15, 0.2) is 0 Å². The third-order valence-corrected chi connectivity index (χ3v) is 4.17. The van der Waals surface area contributed by atoms with Gasteiger partial charge in [-0.2, -0.15) is 0 Å². The van der Waals surface area contributed by atoms with E-state index in [1.54, 1.807) is 4.90 Å². The number of nitrogens with one attached hydrogen (secondary N) is 2. The molecule has 1 atom stereocenters. The number of rotatable bonds is 4. The summed E-state index contributed by atoms with van der Waals surface area (Å²) in [4.78, 5) is 26.0. The van der Waals surface area contributed by atoms with Crippen molar-refractivity contribution in [1.82, 2.24) is 10.2 Å². The molecule has 0 aliphatic carbocycles. The van der Waals surface area contributed by atoms with E-state index >= 15 is 0 Å². The third kappa shape index (κ3) is 5.69. The number of para-hydroxylation sites is 1. The van der Waals surface area contributed by atoms with E-state index in [4.69, 9.17) is 5.73 Å². The van der Waals surface area contributed by atoms with Gasteiger partial charge in [0.05, 0.1) is 6.04 Å². The molecule has 3 amide bonds. The van der Waals surface area contributed by atoms with E-state index in [1.807, 2.05) is 44.2 Å². The minimum atomic E-state index is -0.477. The van der Waals surface area contributed by atoms with E-state index in [0.717, 1.165) is 18.5 Å². The minimum Gasteiger partial charge on any atom is -0.352 e. The van der Waals surface area contributed by atoms with Crippen molar-refractivity contribution in [2.75, 3.05) is 18.4 Å². The second-order valence-electron chi connectivity index (χ2n) is 6.34. The molecule has 1 aromatic carbocycles. The Morgan fingerprint density at radius 3 is 2.29 bits per heavy atom. The zero-order chi connectivity index (χ0) is 16.8. The van der Waals surface area contributed by atoms with Gasteiger partial charge in [-0.1, -0.05) is 32.0 Å². The standard InChI is InChI=1S/C17H26N4O2.ClH/c1-12(2)15(18)16(22)19-14-8-10-21(11-9-14)17(23)20-13-6-4-3-5-7-13;/h3-7,12,14-15H,8-11,18H2,1-2H3,(H,19,22)(H,20,23);1H/t15-;/m0./s1. The molecule has 6 nitrogen and oxygen atoms in total. The van der Waals surface area contributed by atoms with Crippen LogP contribution in [-0.4, -0.2) is 42.0 Å². The number of halogens is 1. The van der Waals surface area contributed by atoms with Crippen molar-refractivity contribution < 1.29 is 9.59 Å². The summed E-state index contributed by atoms with van der Waals surface area (Å²) in [7, 11) is 0. The first kappa shape index (κ1) is 20.3. The summed E-state index contributed by atoms with van der Waals surface area (Å²) in [6, 6.07) is 8.91. The number of piperidine rings is 1. The predicted octanol–water partition coefficient (Wildman–Crippen LogP) is 2.20. The molecule has 24 heavy (non-hydrogen) atoms. The zero-order valence-corrected chi connectivity index (χ0v) is 15.0. The summed E-state index contributed by atoms with van der Waals surface area (Å²) in [6.45, 7) is 5.11. The lowest BCUT2D eigenvalue weighted by Crippen LogP contribution is -2.52. The fourth-order valence-electron chi connectivity index (χ4n) is 2.55. The molecule has 1 aliphatic rings. The van der Waals surface area contributed by atoms with Crippen molar-refractivity contribution in [1.29, 1.82) is 0 Å². The topological polar surface area (TPSA) is 87.5 Å². The summed E-state index contributed by atoms with van der Waals surface area (Å²) in [6.07, 6.45) is 1.50. The first-order chi connectivity index (χ1) is 11.0.